The van der Waals surface area contributed by atoms with E-state index in [0.717, 1.165) is 10.1 Å². The van der Waals surface area contributed by atoms with Crippen molar-refractivity contribution in [3.8, 4) is 5.88 Å². The molecule has 0 bridgehead atoms. The van der Waals surface area contributed by atoms with Crippen molar-refractivity contribution >= 4 is 23.0 Å². The number of hydrogen-bond donors (Lipinski definition) is 3. The lowest BCUT2D eigenvalue weighted by Crippen LogP contribution is -2.33. The number of aliphatic imine (C=N–C) groups is 1. The molecule has 1 heterocycles. The maximum Gasteiger partial charge on any atom is 0.331 e. The predicted molar refractivity (Wildman–Crippen MR) is 111 cm³/mol. The Morgan fingerprint density at radius 2 is 1.72 bits per heavy atom. The molecule has 1 aromatic heterocycles. The van der Waals surface area contributed by atoms with Gasteiger partial charge >= 0.3 is 5.69 Å². The van der Waals surface area contributed by atoms with Gasteiger partial charge in [-0.2, -0.15) is 0 Å². The monoisotopic (exact) mass is 392 g/mol. The molecule has 2 aromatic carbocycles. The number of aromatic amines is 1. The Labute approximate surface area is 166 Å². The number of benzene rings is 2. The summed E-state index contributed by atoms with van der Waals surface area (Å²) in [7, 11) is 0. The van der Waals surface area contributed by atoms with Gasteiger partial charge in [-0.25, -0.2) is 4.79 Å². The van der Waals surface area contributed by atoms with Gasteiger partial charge in [-0.1, -0.05) is 42.5 Å². The first-order valence-electron chi connectivity index (χ1n) is 8.89. The molecular formula is C21H20N4O4. The zero-order valence-electron chi connectivity index (χ0n) is 16.0. The van der Waals surface area contributed by atoms with Crippen molar-refractivity contribution in [3.63, 3.8) is 0 Å². The van der Waals surface area contributed by atoms with Crippen LogP contribution in [0, 0.1) is 0 Å². The van der Waals surface area contributed by atoms with Gasteiger partial charge in [0.1, 0.15) is 5.56 Å². The number of carbonyl (C=O) groups is 1. The van der Waals surface area contributed by atoms with Crippen LogP contribution in [-0.2, 0) is 11.3 Å². The number of carbonyl (C=O) groups excluding carboxylic acids is 1. The Bertz CT molecular complexity index is 1190. The summed E-state index contributed by atoms with van der Waals surface area (Å²) < 4.78 is 1.07. The number of anilines is 1. The summed E-state index contributed by atoms with van der Waals surface area (Å²) >= 11 is 0. The zero-order valence-corrected chi connectivity index (χ0v) is 16.0. The summed E-state index contributed by atoms with van der Waals surface area (Å²) in [5.41, 5.74) is 0.296. The molecule has 0 aliphatic rings. The van der Waals surface area contributed by atoms with Gasteiger partial charge < -0.3 is 10.4 Å². The van der Waals surface area contributed by atoms with Crippen molar-refractivity contribution in [3.05, 3.63) is 86.6 Å². The SMILES string of the molecule is CC(=O)Nc1ccccc1N=C(C)c1c(O)n(Cc2ccccc2)c(=O)[nH]c1=O. The third kappa shape index (κ3) is 4.49. The molecule has 1 amide bonds. The van der Waals surface area contributed by atoms with Crippen LogP contribution in [0.25, 0.3) is 0 Å². The highest BCUT2D eigenvalue weighted by Gasteiger charge is 2.17. The summed E-state index contributed by atoms with van der Waals surface area (Å²) in [4.78, 5) is 42.6. The van der Waals surface area contributed by atoms with Crippen molar-refractivity contribution in [2.75, 3.05) is 5.32 Å². The van der Waals surface area contributed by atoms with E-state index in [2.05, 4.69) is 15.3 Å². The molecule has 0 saturated carbocycles. The minimum atomic E-state index is -0.741. The average molecular weight is 392 g/mol. The highest BCUT2D eigenvalue weighted by Crippen LogP contribution is 2.26. The molecular weight excluding hydrogens is 372 g/mol. The molecule has 0 unspecified atom stereocenters. The van der Waals surface area contributed by atoms with Crippen LogP contribution in [0.15, 0.2) is 69.2 Å². The lowest BCUT2D eigenvalue weighted by molar-refractivity contribution is -0.114. The van der Waals surface area contributed by atoms with E-state index in [1.807, 2.05) is 18.2 Å². The molecule has 3 N–H and O–H groups in total. The number of nitrogens with one attached hydrogen (secondary N) is 2. The fraction of sp³-hybridized carbons (Fsp3) is 0.143. The normalized spacial score (nSPS) is 11.3. The predicted octanol–water partition coefficient (Wildman–Crippen LogP) is 2.39. The second-order valence-electron chi connectivity index (χ2n) is 6.43. The van der Waals surface area contributed by atoms with E-state index in [4.69, 9.17) is 0 Å². The number of rotatable bonds is 5. The minimum Gasteiger partial charge on any atom is -0.494 e. The molecule has 8 nitrogen and oxygen atoms in total. The van der Waals surface area contributed by atoms with Crippen molar-refractivity contribution in [2.24, 2.45) is 4.99 Å². The molecule has 0 radical (unpaired) electrons. The van der Waals surface area contributed by atoms with Gasteiger partial charge in [0.15, 0.2) is 0 Å². The van der Waals surface area contributed by atoms with Crippen LogP contribution in [0.1, 0.15) is 25.0 Å². The van der Waals surface area contributed by atoms with E-state index in [0.29, 0.717) is 11.4 Å². The van der Waals surface area contributed by atoms with Crippen LogP contribution < -0.4 is 16.6 Å². The van der Waals surface area contributed by atoms with Gasteiger partial charge in [-0.05, 0) is 24.6 Å². The molecule has 0 spiro atoms. The van der Waals surface area contributed by atoms with Crippen LogP contribution in [-0.4, -0.2) is 26.3 Å². The largest absolute Gasteiger partial charge is 0.494 e. The van der Waals surface area contributed by atoms with Gasteiger partial charge in [0, 0.05) is 6.92 Å². The van der Waals surface area contributed by atoms with Crippen molar-refractivity contribution in [1.29, 1.82) is 0 Å². The van der Waals surface area contributed by atoms with E-state index < -0.39 is 17.1 Å². The van der Waals surface area contributed by atoms with Crippen LogP contribution in [0.4, 0.5) is 11.4 Å². The number of hydrogen-bond acceptors (Lipinski definition) is 5. The van der Waals surface area contributed by atoms with E-state index in [-0.39, 0.29) is 23.7 Å². The molecule has 3 rings (SSSR count). The third-order valence-electron chi connectivity index (χ3n) is 4.22. The van der Waals surface area contributed by atoms with Gasteiger partial charge in [0.2, 0.25) is 11.8 Å². The molecule has 0 atom stereocenters. The lowest BCUT2D eigenvalue weighted by Gasteiger charge is -2.12. The zero-order chi connectivity index (χ0) is 21.0. The second-order valence-corrected chi connectivity index (χ2v) is 6.43. The molecule has 148 valence electrons. The topological polar surface area (TPSA) is 117 Å². The number of amides is 1. The van der Waals surface area contributed by atoms with Gasteiger partial charge in [0.05, 0.1) is 23.6 Å². The Hall–Kier alpha value is -3.94. The highest BCUT2D eigenvalue weighted by atomic mass is 16.3. The first-order chi connectivity index (χ1) is 13.9. The molecule has 0 saturated heterocycles. The average Bonchev–Trinajstić information content (AvgIpc) is 2.67. The van der Waals surface area contributed by atoms with Gasteiger partial charge in [-0.3, -0.25) is 24.1 Å². The fourth-order valence-corrected chi connectivity index (χ4v) is 2.90. The van der Waals surface area contributed by atoms with E-state index >= 15 is 0 Å². The van der Waals surface area contributed by atoms with Crippen LogP contribution in [0.2, 0.25) is 0 Å². The first kappa shape index (κ1) is 19.8. The van der Waals surface area contributed by atoms with E-state index in [1.165, 1.54) is 6.92 Å². The van der Waals surface area contributed by atoms with Crippen molar-refractivity contribution in [2.45, 2.75) is 20.4 Å². The fourth-order valence-electron chi connectivity index (χ4n) is 2.90. The second kappa shape index (κ2) is 8.39. The standard InChI is InChI=1S/C21H20N4O4/c1-13(22-16-10-6-7-11-17(16)23-14(2)26)18-19(27)24-21(29)25(20(18)28)12-15-8-4-3-5-9-15/h3-11,28H,12H2,1-2H3,(H,23,26)(H,24,27,29). The lowest BCUT2D eigenvalue weighted by atomic mass is 10.2. The first-order valence-corrected chi connectivity index (χ1v) is 8.89. The Kier molecular flexibility index (Phi) is 5.73. The van der Waals surface area contributed by atoms with Gasteiger partial charge in [-0.15, -0.1) is 0 Å². The van der Waals surface area contributed by atoms with Gasteiger partial charge in [0.25, 0.3) is 5.56 Å². The molecule has 3 aromatic rings. The third-order valence-corrected chi connectivity index (χ3v) is 4.22. The number of nitrogens with zero attached hydrogens (tertiary/aromatic N) is 2. The summed E-state index contributed by atoms with van der Waals surface area (Å²) in [6.45, 7) is 3.01. The molecule has 8 heteroatoms. The molecule has 0 aliphatic heterocycles. The summed E-state index contributed by atoms with van der Waals surface area (Å²) in [5.74, 6) is -0.733. The van der Waals surface area contributed by atoms with E-state index in [1.54, 1.807) is 43.3 Å². The highest BCUT2D eigenvalue weighted by molar-refractivity contribution is 6.03. The summed E-state index contributed by atoms with van der Waals surface area (Å²) in [5, 5.41) is 13.3. The number of para-hydroxylation sites is 2. The smallest absolute Gasteiger partial charge is 0.331 e. The van der Waals surface area contributed by atoms with E-state index in [9.17, 15) is 19.5 Å². The quantitative estimate of drug-likeness (QED) is 0.578. The summed E-state index contributed by atoms with van der Waals surface area (Å²) in [6.07, 6.45) is 0. The number of aromatic nitrogens is 2. The Morgan fingerprint density at radius 3 is 2.41 bits per heavy atom. The Morgan fingerprint density at radius 1 is 1.07 bits per heavy atom. The van der Waals surface area contributed by atoms with Crippen LogP contribution in [0.5, 0.6) is 5.88 Å². The van der Waals surface area contributed by atoms with Crippen molar-refractivity contribution < 1.29 is 9.90 Å². The van der Waals surface area contributed by atoms with Crippen molar-refractivity contribution in [1.82, 2.24) is 9.55 Å². The number of aromatic hydroxyl groups is 1. The van der Waals surface area contributed by atoms with Crippen LogP contribution in [0.3, 0.4) is 0 Å². The Balaban J connectivity index is 2.08. The maximum absolute atomic E-state index is 12.4. The minimum absolute atomic E-state index is 0.0883. The molecule has 29 heavy (non-hydrogen) atoms. The molecule has 0 fully saturated rings. The molecule has 0 aliphatic carbocycles. The maximum atomic E-state index is 12.4. The summed E-state index contributed by atoms with van der Waals surface area (Å²) in [6, 6.07) is 15.9. The van der Waals surface area contributed by atoms with Crippen LogP contribution >= 0.6 is 0 Å². The number of H-pyrrole nitrogens is 1.